The number of imide groups is 1. The van der Waals surface area contributed by atoms with Crippen molar-refractivity contribution in [2.24, 2.45) is 0 Å². The van der Waals surface area contributed by atoms with Gasteiger partial charge in [-0.1, -0.05) is 11.8 Å². The summed E-state index contributed by atoms with van der Waals surface area (Å²) in [6.07, 6.45) is 0. The standard InChI is InChI=1S/C11H17N3O4S/c1-11(2,3)13-9(17)8(16)12-4-5-14-7(15)6-19-10(14)18/h4-6H2,1-3H3,(H,12,16)(H,13,17). The second-order valence-corrected chi connectivity index (χ2v) is 5.99. The van der Waals surface area contributed by atoms with Gasteiger partial charge in [-0.25, -0.2) is 0 Å². The lowest BCUT2D eigenvalue weighted by molar-refractivity contribution is -0.140. The number of carbonyl (C=O) groups excluding carboxylic acids is 4. The molecule has 1 saturated heterocycles. The van der Waals surface area contributed by atoms with Crippen LogP contribution in [-0.4, -0.2) is 52.2 Å². The third-order valence-electron chi connectivity index (χ3n) is 2.16. The fraction of sp³-hybridized carbons (Fsp3) is 0.636. The first kappa shape index (κ1) is 15.5. The maximum absolute atomic E-state index is 11.4. The Morgan fingerprint density at radius 3 is 2.37 bits per heavy atom. The minimum atomic E-state index is -0.776. The van der Waals surface area contributed by atoms with Crippen LogP contribution in [-0.2, 0) is 14.4 Å². The van der Waals surface area contributed by atoms with E-state index in [1.807, 2.05) is 0 Å². The Bertz CT molecular complexity index is 401. The van der Waals surface area contributed by atoms with Crippen molar-refractivity contribution in [1.29, 1.82) is 0 Å². The zero-order chi connectivity index (χ0) is 14.6. The molecule has 1 heterocycles. The molecule has 0 radical (unpaired) electrons. The SMILES string of the molecule is CC(C)(C)NC(=O)C(=O)NCCN1C(=O)CSC1=O. The molecule has 0 aliphatic carbocycles. The van der Waals surface area contributed by atoms with E-state index in [-0.39, 0.29) is 30.0 Å². The van der Waals surface area contributed by atoms with Crippen LogP contribution in [0.3, 0.4) is 0 Å². The summed E-state index contributed by atoms with van der Waals surface area (Å²) in [6, 6.07) is 0. The van der Waals surface area contributed by atoms with Crippen LogP contribution in [0.15, 0.2) is 0 Å². The molecule has 4 amide bonds. The summed E-state index contributed by atoms with van der Waals surface area (Å²) in [6.45, 7) is 5.43. The molecule has 2 N–H and O–H groups in total. The molecule has 1 rings (SSSR count). The van der Waals surface area contributed by atoms with E-state index in [4.69, 9.17) is 0 Å². The minimum Gasteiger partial charge on any atom is -0.346 e. The van der Waals surface area contributed by atoms with E-state index in [0.29, 0.717) is 0 Å². The zero-order valence-electron chi connectivity index (χ0n) is 11.1. The topological polar surface area (TPSA) is 95.6 Å². The molecule has 106 valence electrons. The lowest BCUT2D eigenvalue weighted by atomic mass is 10.1. The molecule has 0 spiro atoms. The van der Waals surface area contributed by atoms with Crippen molar-refractivity contribution in [3.8, 4) is 0 Å². The van der Waals surface area contributed by atoms with Gasteiger partial charge in [-0.3, -0.25) is 24.1 Å². The molecule has 0 aromatic rings. The number of thioether (sulfide) groups is 1. The Morgan fingerprint density at radius 2 is 1.89 bits per heavy atom. The molecule has 0 unspecified atom stereocenters. The molecule has 0 aromatic carbocycles. The Hall–Kier alpha value is -1.57. The maximum atomic E-state index is 11.4. The summed E-state index contributed by atoms with van der Waals surface area (Å²) < 4.78 is 0. The van der Waals surface area contributed by atoms with Crippen molar-refractivity contribution in [3.05, 3.63) is 0 Å². The summed E-state index contributed by atoms with van der Waals surface area (Å²) in [5, 5.41) is 4.56. The highest BCUT2D eigenvalue weighted by atomic mass is 32.2. The van der Waals surface area contributed by atoms with Crippen molar-refractivity contribution in [2.75, 3.05) is 18.8 Å². The molecule has 0 saturated carbocycles. The highest BCUT2D eigenvalue weighted by Gasteiger charge is 2.29. The fourth-order valence-electron chi connectivity index (χ4n) is 1.36. The van der Waals surface area contributed by atoms with Crippen molar-refractivity contribution in [3.63, 3.8) is 0 Å². The molecule has 19 heavy (non-hydrogen) atoms. The molecular formula is C11H17N3O4S. The summed E-state index contributed by atoms with van der Waals surface area (Å²) in [5.74, 6) is -1.65. The van der Waals surface area contributed by atoms with Gasteiger partial charge in [0.05, 0.1) is 5.75 Å². The number of carbonyl (C=O) groups is 4. The zero-order valence-corrected chi connectivity index (χ0v) is 11.9. The largest absolute Gasteiger partial charge is 0.346 e. The number of amides is 4. The first-order valence-electron chi connectivity index (χ1n) is 5.78. The third-order valence-corrected chi connectivity index (χ3v) is 3.01. The molecule has 8 heteroatoms. The Morgan fingerprint density at radius 1 is 1.26 bits per heavy atom. The number of hydrogen-bond acceptors (Lipinski definition) is 5. The Kier molecular flexibility index (Phi) is 4.93. The van der Waals surface area contributed by atoms with Gasteiger partial charge in [0.25, 0.3) is 5.24 Å². The molecule has 1 aliphatic rings. The van der Waals surface area contributed by atoms with Gasteiger partial charge in [0.1, 0.15) is 0 Å². The summed E-state index contributed by atoms with van der Waals surface area (Å²) in [5.41, 5.74) is -0.494. The van der Waals surface area contributed by atoms with Crippen molar-refractivity contribution >= 4 is 34.7 Å². The third kappa shape index (κ3) is 4.90. The van der Waals surface area contributed by atoms with Crippen molar-refractivity contribution in [2.45, 2.75) is 26.3 Å². The van der Waals surface area contributed by atoms with Crippen LogP contribution in [0.25, 0.3) is 0 Å². The maximum Gasteiger partial charge on any atom is 0.309 e. The van der Waals surface area contributed by atoms with E-state index in [1.54, 1.807) is 20.8 Å². The first-order chi connectivity index (χ1) is 8.70. The quantitative estimate of drug-likeness (QED) is 0.696. The van der Waals surface area contributed by atoms with Gasteiger partial charge in [0, 0.05) is 18.6 Å². The van der Waals surface area contributed by atoms with Crippen LogP contribution in [0.2, 0.25) is 0 Å². The second kappa shape index (κ2) is 6.05. The summed E-state index contributed by atoms with van der Waals surface area (Å²) in [7, 11) is 0. The number of nitrogens with zero attached hydrogens (tertiary/aromatic N) is 1. The van der Waals surface area contributed by atoms with E-state index >= 15 is 0 Å². The fourth-order valence-corrected chi connectivity index (χ4v) is 2.11. The van der Waals surface area contributed by atoms with Crippen molar-refractivity contribution < 1.29 is 19.2 Å². The van der Waals surface area contributed by atoms with E-state index in [2.05, 4.69) is 10.6 Å². The number of nitrogens with one attached hydrogen (secondary N) is 2. The molecule has 0 bridgehead atoms. The average molecular weight is 287 g/mol. The lowest BCUT2D eigenvalue weighted by Gasteiger charge is -2.20. The Balaban J connectivity index is 2.33. The summed E-state index contributed by atoms with van der Waals surface area (Å²) in [4.78, 5) is 46.5. The van der Waals surface area contributed by atoms with Crippen LogP contribution >= 0.6 is 11.8 Å². The smallest absolute Gasteiger partial charge is 0.309 e. The molecule has 1 aliphatic heterocycles. The van der Waals surface area contributed by atoms with E-state index in [0.717, 1.165) is 16.7 Å². The summed E-state index contributed by atoms with van der Waals surface area (Å²) >= 11 is 0.932. The molecule has 0 aromatic heterocycles. The minimum absolute atomic E-state index is 0.0639. The second-order valence-electron chi connectivity index (χ2n) is 5.06. The average Bonchev–Trinajstić information content (AvgIpc) is 2.57. The molecule has 0 atom stereocenters. The van der Waals surface area contributed by atoms with E-state index in [9.17, 15) is 19.2 Å². The monoisotopic (exact) mass is 287 g/mol. The first-order valence-corrected chi connectivity index (χ1v) is 6.77. The van der Waals surface area contributed by atoms with Gasteiger partial charge in [-0.2, -0.15) is 0 Å². The van der Waals surface area contributed by atoms with Gasteiger partial charge >= 0.3 is 11.8 Å². The highest BCUT2D eigenvalue weighted by Crippen LogP contribution is 2.17. The van der Waals surface area contributed by atoms with Gasteiger partial charge in [0.15, 0.2) is 0 Å². The van der Waals surface area contributed by atoms with Crippen LogP contribution in [0.4, 0.5) is 4.79 Å². The predicted molar refractivity (Wildman–Crippen MR) is 70.5 cm³/mol. The van der Waals surface area contributed by atoms with Crippen LogP contribution in [0, 0.1) is 0 Å². The van der Waals surface area contributed by atoms with Gasteiger partial charge in [0.2, 0.25) is 5.91 Å². The predicted octanol–water partition coefficient (Wildman–Crippen LogP) is -0.287. The Labute approximate surface area is 115 Å². The number of rotatable bonds is 3. The van der Waals surface area contributed by atoms with Gasteiger partial charge in [-0.05, 0) is 20.8 Å². The highest BCUT2D eigenvalue weighted by molar-refractivity contribution is 8.14. The lowest BCUT2D eigenvalue weighted by Crippen LogP contribution is -2.49. The van der Waals surface area contributed by atoms with Crippen LogP contribution in [0.1, 0.15) is 20.8 Å². The molecule has 7 nitrogen and oxygen atoms in total. The molecule has 1 fully saturated rings. The van der Waals surface area contributed by atoms with Crippen molar-refractivity contribution in [1.82, 2.24) is 15.5 Å². The van der Waals surface area contributed by atoms with Crippen LogP contribution in [0.5, 0.6) is 0 Å². The molecular weight excluding hydrogens is 270 g/mol. The van der Waals surface area contributed by atoms with Gasteiger partial charge in [-0.15, -0.1) is 0 Å². The van der Waals surface area contributed by atoms with E-state index < -0.39 is 17.4 Å². The van der Waals surface area contributed by atoms with Gasteiger partial charge < -0.3 is 10.6 Å². The number of hydrogen-bond donors (Lipinski definition) is 2. The van der Waals surface area contributed by atoms with Crippen LogP contribution < -0.4 is 10.6 Å². The van der Waals surface area contributed by atoms with E-state index in [1.165, 1.54) is 0 Å². The normalized spacial score (nSPS) is 15.6.